The summed E-state index contributed by atoms with van der Waals surface area (Å²) < 4.78 is 10.5. The normalized spacial score (nSPS) is 12.4. The van der Waals surface area contributed by atoms with Crippen molar-refractivity contribution in [1.82, 2.24) is 5.32 Å². The number of para-hydroxylation sites is 1. The molecule has 0 aromatic heterocycles. The molecular formula is C14H23NO3. The van der Waals surface area contributed by atoms with Crippen LogP contribution in [0.15, 0.2) is 24.3 Å². The summed E-state index contributed by atoms with van der Waals surface area (Å²) in [7, 11) is 1.56. The predicted molar refractivity (Wildman–Crippen MR) is 71.8 cm³/mol. The van der Waals surface area contributed by atoms with Gasteiger partial charge in [-0.15, -0.1) is 0 Å². The maximum absolute atomic E-state index is 9.55. The highest BCUT2D eigenvalue weighted by atomic mass is 16.5. The van der Waals surface area contributed by atoms with Gasteiger partial charge in [-0.3, -0.25) is 0 Å². The van der Waals surface area contributed by atoms with Crippen LogP contribution >= 0.6 is 0 Å². The van der Waals surface area contributed by atoms with Gasteiger partial charge in [-0.2, -0.15) is 0 Å². The monoisotopic (exact) mass is 253 g/mol. The van der Waals surface area contributed by atoms with E-state index in [0.29, 0.717) is 0 Å². The molecule has 1 aromatic rings. The van der Waals surface area contributed by atoms with Crippen LogP contribution in [0.1, 0.15) is 18.9 Å². The van der Waals surface area contributed by atoms with E-state index in [-0.39, 0.29) is 13.2 Å². The standard InChI is InChI=1S/C14H23NO3/c1-3-8-15-9-12-6-4-5-7-14(12)18-11-13(16)10-17-2/h4-7,13,15-16H,3,8-11H2,1-2H3. The number of rotatable bonds is 9. The fraction of sp³-hybridized carbons (Fsp3) is 0.571. The van der Waals surface area contributed by atoms with Gasteiger partial charge in [0.1, 0.15) is 18.5 Å². The van der Waals surface area contributed by atoms with E-state index in [1.165, 1.54) is 0 Å². The molecule has 0 aliphatic heterocycles. The zero-order chi connectivity index (χ0) is 13.2. The van der Waals surface area contributed by atoms with E-state index in [1.54, 1.807) is 7.11 Å². The van der Waals surface area contributed by atoms with Gasteiger partial charge in [0, 0.05) is 19.2 Å². The van der Waals surface area contributed by atoms with Crippen LogP contribution in [-0.4, -0.2) is 38.1 Å². The lowest BCUT2D eigenvalue weighted by Crippen LogP contribution is -2.23. The third-order valence-electron chi connectivity index (χ3n) is 2.51. The highest BCUT2D eigenvalue weighted by Crippen LogP contribution is 2.17. The zero-order valence-electron chi connectivity index (χ0n) is 11.2. The van der Waals surface area contributed by atoms with E-state index in [2.05, 4.69) is 12.2 Å². The van der Waals surface area contributed by atoms with Crippen molar-refractivity contribution in [3.63, 3.8) is 0 Å². The number of methoxy groups -OCH3 is 1. The average molecular weight is 253 g/mol. The van der Waals surface area contributed by atoms with Crippen LogP contribution in [0.2, 0.25) is 0 Å². The minimum Gasteiger partial charge on any atom is -0.490 e. The molecule has 0 radical (unpaired) electrons. The molecule has 4 nitrogen and oxygen atoms in total. The fourth-order valence-electron chi connectivity index (χ4n) is 1.62. The Morgan fingerprint density at radius 3 is 2.78 bits per heavy atom. The maximum atomic E-state index is 9.55. The lowest BCUT2D eigenvalue weighted by atomic mass is 10.2. The molecule has 0 saturated heterocycles. The van der Waals surface area contributed by atoms with Gasteiger partial charge in [-0.1, -0.05) is 25.1 Å². The van der Waals surface area contributed by atoms with Crippen molar-refractivity contribution in [2.45, 2.75) is 26.0 Å². The molecule has 102 valence electrons. The molecule has 0 bridgehead atoms. The van der Waals surface area contributed by atoms with Crippen LogP contribution in [0, 0.1) is 0 Å². The minimum atomic E-state index is -0.591. The van der Waals surface area contributed by atoms with Gasteiger partial charge < -0.3 is 19.9 Å². The Bertz CT molecular complexity index is 331. The van der Waals surface area contributed by atoms with Crippen LogP contribution in [0.4, 0.5) is 0 Å². The first-order valence-electron chi connectivity index (χ1n) is 6.36. The van der Waals surface area contributed by atoms with Gasteiger partial charge in [0.05, 0.1) is 6.61 Å². The topological polar surface area (TPSA) is 50.7 Å². The summed E-state index contributed by atoms with van der Waals surface area (Å²) in [5, 5.41) is 12.9. The van der Waals surface area contributed by atoms with Crippen LogP contribution in [0.3, 0.4) is 0 Å². The number of aliphatic hydroxyl groups is 1. The van der Waals surface area contributed by atoms with Crippen molar-refractivity contribution < 1.29 is 14.6 Å². The van der Waals surface area contributed by atoms with Crippen molar-refractivity contribution in [2.75, 3.05) is 26.9 Å². The molecule has 0 aliphatic carbocycles. The van der Waals surface area contributed by atoms with Crippen molar-refractivity contribution in [1.29, 1.82) is 0 Å². The Labute approximate surface area is 109 Å². The van der Waals surface area contributed by atoms with E-state index in [0.717, 1.165) is 30.8 Å². The number of nitrogens with one attached hydrogen (secondary N) is 1. The van der Waals surface area contributed by atoms with Gasteiger partial charge in [-0.25, -0.2) is 0 Å². The maximum Gasteiger partial charge on any atom is 0.123 e. The Morgan fingerprint density at radius 2 is 2.06 bits per heavy atom. The van der Waals surface area contributed by atoms with Gasteiger partial charge >= 0.3 is 0 Å². The Morgan fingerprint density at radius 1 is 1.28 bits per heavy atom. The van der Waals surface area contributed by atoms with E-state index in [9.17, 15) is 5.11 Å². The summed E-state index contributed by atoms with van der Waals surface area (Å²) >= 11 is 0. The average Bonchev–Trinajstić information content (AvgIpc) is 2.38. The molecular weight excluding hydrogens is 230 g/mol. The quantitative estimate of drug-likeness (QED) is 0.656. The molecule has 1 unspecified atom stereocenters. The summed E-state index contributed by atoms with van der Waals surface area (Å²) in [4.78, 5) is 0. The first kappa shape index (κ1) is 15.0. The number of ether oxygens (including phenoxy) is 2. The van der Waals surface area contributed by atoms with Crippen molar-refractivity contribution in [3.8, 4) is 5.75 Å². The molecule has 0 aliphatic rings. The molecule has 1 atom stereocenters. The molecule has 4 heteroatoms. The summed E-state index contributed by atoms with van der Waals surface area (Å²) in [6, 6.07) is 7.87. The number of aliphatic hydroxyl groups excluding tert-OH is 1. The highest BCUT2D eigenvalue weighted by Gasteiger charge is 2.07. The van der Waals surface area contributed by atoms with Crippen LogP contribution in [-0.2, 0) is 11.3 Å². The Kier molecular flexibility index (Phi) is 7.41. The van der Waals surface area contributed by atoms with Gasteiger partial charge in [0.25, 0.3) is 0 Å². The van der Waals surface area contributed by atoms with Crippen LogP contribution < -0.4 is 10.1 Å². The molecule has 2 N–H and O–H groups in total. The molecule has 18 heavy (non-hydrogen) atoms. The molecule has 0 spiro atoms. The summed E-state index contributed by atoms with van der Waals surface area (Å²) in [5.41, 5.74) is 1.11. The number of benzene rings is 1. The lowest BCUT2D eigenvalue weighted by molar-refractivity contribution is 0.0323. The Hall–Kier alpha value is -1.10. The smallest absolute Gasteiger partial charge is 0.123 e. The van der Waals surface area contributed by atoms with E-state index in [1.807, 2.05) is 24.3 Å². The van der Waals surface area contributed by atoms with Crippen molar-refractivity contribution in [3.05, 3.63) is 29.8 Å². The minimum absolute atomic E-state index is 0.249. The molecule has 0 heterocycles. The highest BCUT2D eigenvalue weighted by molar-refractivity contribution is 5.33. The predicted octanol–water partition coefficient (Wildman–Crippen LogP) is 1.57. The van der Waals surface area contributed by atoms with E-state index in [4.69, 9.17) is 9.47 Å². The molecule has 0 fully saturated rings. The SMILES string of the molecule is CCCNCc1ccccc1OCC(O)COC. The summed E-state index contributed by atoms with van der Waals surface area (Å²) in [6.45, 7) is 4.44. The molecule has 0 amide bonds. The van der Waals surface area contributed by atoms with Crippen molar-refractivity contribution in [2.24, 2.45) is 0 Å². The van der Waals surface area contributed by atoms with Gasteiger partial charge in [-0.05, 0) is 19.0 Å². The second-order valence-corrected chi connectivity index (χ2v) is 4.20. The fourth-order valence-corrected chi connectivity index (χ4v) is 1.62. The largest absolute Gasteiger partial charge is 0.490 e. The van der Waals surface area contributed by atoms with Gasteiger partial charge in [0.15, 0.2) is 0 Å². The van der Waals surface area contributed by atoms with E-state index < -0.39 is 6.10 Å². The second kappa shape index (κ2) is 8.91. The summed E-state index contributed by atoms with van der Waals surface area (Å²) in [5.74, 6) is 0.816. The first-order valence-corrected chi connectivity index (χ1v) is 6.36. The Balaban J connectivity index is 2.48. The third-order valence-corrected chi connectivity index (χ3v) is 2.51. The van der Waals surface area contributed by atoms with Gasteiger partial charge in [0.2, 0.25) is 0 Å². The third kappa shape index (κ3) is 5.49. The molecule has 0 saturated carbocycles. The zero-order valence-corrected chi connectivity index (χ0v) is 11.2. The van der Waals surface area contributed by atoms with E-state index >= 15 is 0 Å². The molecule has 1 aromatic carbocycles. The van der Waals surface area contributed by atoms with Crippen LogP contribution in [0.5, 0.6) is 5.75 Å². The summed E-state index contributed by atoms with van der Waals surface area (Å²) in [6.07, 6.45) is 0.516. The van der Waals surface area contributed by atoms with Crippen LogP contribution in [0.25, 0.3) is 0 Å². The lowest BCUT2D eigenvalue weighted by Gasteiger charge is -2.14. The number of hydrogen-bond acceptors (Lipinski definition) is 4. The van der Waals surface area contributed by atoms with Crippen molar-refractivity contribution >= 4 is 0 Å². The first-order chi connectivity index (χ1) is 8.77. The number of hydrogen-bond donors (Lipinski definition) is 2. The second-order valence-electron chi connectivity index (χ2n) is 4.20. The molecule has 1 rings (SSSR count).